The zero-order valence-electron chi connectivity index (χ0n) is 13.9. The van der Waals surface area contributed by atoms with Gasteiger partial charge >= 0.3 is 5.97 Å². The molecule has 2 N–H and O–H groups in total. The van der Waals surface area contributed by atoms with Gasteiger partial charge in [0, 0.05) is 0 Å². The van der Waals surface area contributed by atoms with Crippen molar-refractivity contribution < 1.29 is 19.1 Å². The minimum absolute atomic E-state index is 0.257. The van der Waals surface area contributed by atoms with Gasteiger partial charge in [0.1, 0.15) is 11.9 Å². The van der Waals surface area contributed by atoms with Gasteiger partial charge in [0.05, 0.1) is 6.10 Å². The summed E-state index contributed by atoms with van der Waals surface area (Å²) in [5, 5.41) is 0. The van der Waals surface area contributed by atoms with Gasteiger partial charge < -0.3 is 15.2 Å². The van der Waals surface area contributed by atoms with Crippen molar-refractivity contribution in [3.8, 4) is 5.75 Å². The van der Waals surface area contributed by atoms with Gasteiger partial charge in [-0.2, -0.15) is 0 Å². The lowest BCUT2D eigenvalue weighted by Crippen LogP contribution is -2.54. The molecule has 2 heterocycles. The highest BCUT2D eigenvalue weighted by molar-refractivity contribution is 6.03. The largest absolute Gasteiger partial charge is 0.477 e. The molecule has 0 spiro atoms. The predicted octanol–water partition coefficient (Wildman–Crippen LogP) is 1.90. The van der Waals surface area contributed by atoms with Crippen LogP contribution >= 0.6 is 0 Å². The molecule has 0 aromatic carbocycles. The number of anilines is 2. The van der Waals surface area contributed by atoms with Gasteiger partial charge in [-0.05, 0) is 38.8 Å². The van der Waals surface area contributed by atoms with Gasteiger partial charge in [-0.15, -0.1) is 0 Å². The van der Waals surface area contributed by atoms with E-state index >= 15 is 0 Å². The fourth-order valence-corrected chi connectivity index (χ4v) is 2.50. The summed E-state index contributed by atoms with van der Waals surface area (Å²) < 4.78 is 11.0. The van der Waals surface area contributed by atoms with Gasteiger partial charge in [-0.3, -0.25) is 9.69 Å². The van der Waals surface area contributed by atoms with E-state index in [9.17, 15) is 9.59 Å². The fourth-order valence-electron chi connectivity index (χ4n) is 2.50. The first kappa shape index (κ1) is 17.1. The van der Waals surface area contributed by atoms with Crippen molar-refractivity contribution in [2.24, 2.45) is 0 Å². The van der Waals surface area contributed by atoms with Crippen LogP contribution in [-0.2, 0) is 14.3 Å². The number of rotatable bonds is 5. The first-order valence-electron chi connectivity index (χ1n) is 7.85. The number of esters is 1. The van der Waals surface area contributed by atoms with Crippen molar-refractivity contribution in [1.29, 1.82) is 0 Å². The van der Waals surface area contributed by atoms with Crippen LogP contribution in [0.3, 0.4) is 0 Å². The van der Waals surface area contributed by atoms with Gasteiger partial charge in [0.2, 0.25) is 0 Å². The molecule has 1 aliphatic heterocycles. The van der Waals surface area contributed by atoms with Crippen molar-refractivity contribution >= 4 is 23.5 Å². The highest BCUT2D eigenvalue weighted by Crippen LogP contribution is 2.35. The fraction of sp³-hybridized carbons (Fsp3) is 0.562. The van der Waals surface area contributed by atoms with Crippen LogP contribution in [0.25, 0.3) is 0 Å². The molecule has 1 aliphatic rings. The number of nitrogens with two attached hydrogens (primary N) is 1. The Morgan fingerprint density at radius 2 is 2.13 bits per heavy atom. The summed E-state index contributed by atoms with van der Waals surface area (Å²) in [5.74, 6) is 0.217. The Balaban J connectivity index is 2.46. The first-order chi connectivity index (χ1) is 10.9. The second-order valence-corrected chi connectivity index (χ2v) is 5.69. The lowest BCUT2D eigenvalue weighted by Gasteiger charge is -2.36. The maximum absolute atomic E-state index is 12.7. The summed E-state index contributed by atoms with van der Waals surface area (Å²) >= 11 is 0. The molecule has 7 heteroatoms. The standard InChI is InChI=1S/C16H23N3O4/c1-5-10(16(21)22-9(3)4)19-14-12(7-8-13(17)18-14)23-11(6-2)15(19)20/h7-11H,5-6H2,1-4H3,(H2,17,18). The maximum Gasteiger partial charge on any atom is 0.329 e. The zero-order valence-corrected chi connectivity index (χ0v) is 13.9. The molecule has 2 atom stereocenters. The normalized spacial score (nSPS) is 18.4. The summed E-state index contributed by atoms with van der Waals surface area (Å²) in [6, 6.07) is 2.52. The summed E-state index contributed by atoms with van der Waals surface area (Å²) in [6.07, 6.45) is -0.00453. The van der Waals surface area contributed by atoms with E-state index < -0.39 is 18.1 Å². The highest BCUT2D eigenvalue weighted by atomic mass is 16.5. The zero-order chi connectivity index (χ0) is 17.1. The average molecular weight is 321 g/mol. The molecule has 0 saturated heterocycles. The molecule has 1 amide bonds. The molecule has 0 bridgehead atoms. The van der Waals surface area contributed by atoms with E-state index in [1.807, 2.05) is 13.8 Å². The highest BCUT2D eigenvalue weighted by Gasteiger charge is 2.41. The summed E-state index contributed by atoms with van der Waals surface area (Å²) in [4.78, 5) is 30.7. The molecule has 7 nitrogen and oxygen atoms in total. The SMILES string of the molecule is CCC1Oc2ccc(N)nc2N(C(CC)C(=O)OC(C)C)C1=O. The number of pyridine rings is 1. The number of carbonyl (C=O) groups is 2. The lowest BCUT2D eigenvalue weighted by molar-refractivity contribution is -0.150. The molecule has 126 valence electrons. The molecule has 1 aromatic heterocycles. The number of amides is 1. The molecular formula is C16H23N3O4. The van der Waals surface area contributed by atoms with E-state index in [4.69, 9.17) is 15.2 Å². The number of nitrogens with zero attached hydrogens (tertiary/aromatic N) is 2. The Morgan fingerprint density at radius 3 is 2.70 bits per heavy atom. The average Bonchev–Trinajstić information content (AvgIpc) is 2.49. The topological polar surface area (TPSA) is 94.8 Å². The van der Waals surface area contributed by atoms with Crippen molar-refractivity contribution in [3.05, 3.63) is 12.1 Å². The quantitative estimate of drug-likeness (QED) is 0.832. The molecule has 0 radical (unpaired) electrons. The molecule has 0 aliphatic carbocycles. The molecule has 0 fully saturated rings. The smallest absolute Gasteiger partial charge is 0.329 e. The third-order valence-corrected chi connectivity index (χ3v) is 3.56. The van der Waals surface area contributed by atoms with Crippen LogP contribution in [0.15, 0.2) is 12.1 Å². The van der Waals surface area contributed by atoms with Gasteiger partial charge in [0.25, 0.3) is 5.91 Å². The van der Waals surface area contributed by atoms with Crippen molar-refractivity contribution in [2.45, 2.75) is 58.8 Å². The Hall–Kier alpha value is -2.31. The number of aromatic nitrogens is 1. The summed E-state index contributed by atoms with van der Waals surface area (Å²) in [5.41, 5.74) is 5.73. The van der Waals surface area contributed by atoms with Crippen LogP contribution in [0.4, 0.5) is 11.6 Å². The second kappa shape index (κ2) is 6.85. The predicted molar refractivity (Wildman–Crippen MR) is 86.1 cm³/mol. The van der Waals surface area contributed by atoms with Gasteiger partial charge in [-0.1, -0.05) is 13.8 Å². The minimum Gasteiger partial charge on any atom is -0.477 e. The molecule has 23 heavy (non-hydrogen) atoms. The number of fused-ring (bicyclic) bond motifs is 1. The van der Waals surface area contributed by atoms with E-state index in [1.165, 1.54) is 4.90 Å². The lowest BCUT2D eigenvalue weighted by atomic mass is 10.1. The molecule has 1 aromatic rings. The number of nitrogen functional groups attached to an aromatic ring is 1. The summed E-state index contributed by atoms with van der Waals surface area (Å²) in [6.45, 7) is 7.21. The Morgan fingerprint density at radius 1 is 1.43 bits per heavy atom. The monoisotopic (exact) mass is 321 g/mol. The van der Waals surface area contributed by atoms with Gasteiger partial charge in [0.15, 0.2) is 17.7 Å². The van der Waals surface area contributed by atoms with E-state index in [0.29, 0.717) is 18.6 Å². The number of ether oxygens (including phenoxy) is 2. The van der Waals surface area contributed by atoms with Crippen LogP contribution in [0, 0.1) is 0 Å². The van der Waals surface area contributed by atoms with Gasteiger partial charge in [-0.25, -0.2) is 9.78 Å². The number of hydrogen-bond donors (Lipinski definition) is 1. The number of carbonyl (C=O) groups excluding carboxylic acids is 2. The van der Waals surface area contributed by atoms with Crippen LogP contribution in [0.1, 0.15) is 40.5 Å². The molecule has 2 unspecified atom stereocenters. The van der Waals surface area contributed by atoms with E-state index in [1.54, 1.807) is 26.0 Å². The van der Waals surface area contributed by atoms with Crippen molar-refractivity contribution in [3.63, 3.8) is 0 Å². The first-order valence-corrected chi connectivity index (χ1v) is 7.85. The third-order valence-electron chi connectivity index (χ3n) is 3.56. The van der Waals surface area contributed by atoms with E-state index in [-0.39, 0.29) is 23.6 Å². The number of hydrogen-bond acceptors (Lipinski definition) is 6. The molecule has 2 rings (SSSR count). The Labute approximate surface area is 135 Å². The van der Waals surface area contributed by atoms with Crippen LogP contribution in [0.2, 0.25) is 0 Å². The van der Waals surface area contributed by atoms with Crippen molar-refractivity contribution in [2.75, 3.05) is 10.6 Å². The minimum atomic E-state index is -0.754. The van der Waals surface area contributed by atoms with Crippen LogP contribution in [-0.4, -0.2) is 35.1 Å². The second-order valence-electron chi connectivity index (χ2n) is 5.69. The van der Waals surface area contributed by atoms with Crippen molar-refractivity contribution in [1.82, 2.24) is 4.98 Å². The Kier molecular flexibility index (Phi) is 5.08. The third kappa shape index (κ3) is 3.38. The molecular weight excluding hydrogens is 298 g/mol. The Bertz CT molecular complexity index is 603. The van der Waals surface area contributed by atoms with E-state index in [2.05, 4.69) is 4.98 Å². The summed E-state index contributed by atoms with van der Waals surface area (Å²) in [7, 11) is 0. The van der Waals surface area contributed by atoms with E-state index in [0.717, 1.165) is 0 Å². The molecule has 0 saturated carbocycles. The van der Waals surface area contributed by atoms with Crippen LogP contribution < -0.4 is 15.4 Å². The maximum atomic E-state index is 12.7. The van der Waals surface area contributed by atoms with Crippen LogP contribution in [0.5, 0.6) is 5.75 Å².